The predicted molar refractivity (Wildman–Crippen MR) is 212 cm³/mol. The highest BCUT2D eigenvalue weighted by atomic mass is 16.4. The summed E-state index contributed by atoms with van der Waals surface area (Å²) in [4.78, 5) is 48.7. The first-order valence-corrected chi connectivity index (χ1v) is 19.5. The number of likely N-dealkylation sites (N-methyl/N-ethyl adjacent to an activating group) is 1. The van der Waals surface area contributed by atoms with Gasteiger partial charge in [-0.25, -0.2) is 14.8 Å². The van der Waals surface area contributed by atoms with Crippen LogP contribution in [0, 0.1) is 0 Å². The number of amides is 2. The number of hydrogen-bond donors (Lipinski definition) is 4. The van der Waals surface area contributed by atoms with Crippen molar-refractivity contribution in [1.29, 1.82) is 0 Å². The molecule has 2 aliphatic heterocycles. The summed E-state index contributed by atoms with van der Waals surface area (Å²) >= 11 is 0. The lowest BCUT2D eigenvalue weighted by Gasteiger charge is -2.34. The molecule has 2 aliphatic rings. The van der Waals surface area contributed by atoms with Gasteiger partial charge in [-0.3, -0.25) is 14.6 Å². The molecule has 0 saturated carbocycles. The molecule has 7 rings (SSSR count). The molecule has 4 atom stereocenters. The molecule has 54 heavy (non-hydrogen) atoms. The minimum atomic E-state index is -0.978. The second kappa shape index (κ2) is 16.8. The summed E-state index contributed by atoms with van der Waals surface area (Å²) in [6, 6.07) is 26.8. The monoisotopic (exact) mass is 728 g/mol. The van der Waals surface area contributed by atoms with Gasteiger partial charge in [0.2, 0.25) is 5.91 Å². The number of nitrogens with one attached hydrogen (secondary N) is 3. The fourth-order valence-corrected chi connectivity index (χ4v) is 8.28. The van der Waals surface area contributed by atoms with Gasteiger partial charge >= 0.3 is 6.09 Å². The maximum Gasteiger partial charge on any atom is 0.404 e. The van der Waals surface area contributed by atoms with Crippen LogP contribution in [0.15, 0.2) is 91.3 Å². The highest BCUT2D eigenvalue weighted by Crippen LogP contribution is 2.36. The number of carboxylic acid groups (broad SMARTS) is 1. The largest absolute Gasteiger partial charge is 0.465 e. The lowest BCUT2D eigenvalue weighted by atomic mass is 10.0. The summed E-state index contributed by atoms with van der Waals surface area (Å²) in [7, 11) is 0. The second-order valence-corrected chi connectivity index (χ2v) is 14.5. The maximum atomic E-state index is 14.2. The molecule has 2 amide bonds. The molecule has 2 fully saturated rings. The van der Waals surface area contributed by atoms with Crippen LogP contribution in [0.25, 0.3) is 33.6 Å². The van der Waals surface area contributed by atoms with Crippen LogP contribution in [-0.4, -0.2) is 90.5 Å². The average Bonchev–Trinajstić information content (AvgIpc) is 4.04. The van der Waals surface area contributed by atoms with Crippen LogP contribution in [0.3, 0.4) is 0 Å². The molecule has 11 nitrogen and oxygen atoms in total. The Morgan fingerprint density at radius 3 is 1.87 bits per heavy atom. The number of imidazole rings is 2. The summed E-state index contributed by atoms with van der Waals surface area (Å²) in [5, 5.41) is 11.9. The number of nitrogens with zero attached hydrogens (tertiary/aromatic N) is 5. The van der Waals surface area contributed by atoms with E-state index in [0.29, 0.717) is 6.54 Å². The van der Waals surface area contributed by atoms with Crippen molar-refractivity contribution in [3.63, 3.8) is 0 Å². The van der Waals surface area contributed by atoms with Gasteiger partial charge in [0.1, 0.15) is 17.7 Å². The quantitative estimate of drug-likeness (QED) is 0.0909. The molecule has 11 heteroatoms. The van der Waals surface area contributed by atoms with Crippen LogP contribution in [0.1, 0.15) is 88.2 Å². The summed E-state index contributed by atoms with van der Waals surface area (Å²) in [6.45, 7) is 10.2. The zero-order chi connectivity index (χ0) is 37.6. The molecule has 282 valence electrons. The Labute approximate surface area is 317 Å². The SMILES string of the molecule is CC[C@H](CN1CCC[C@H]1c1ncc(-c2ccc(-c3ccc(-c4cnc([C@@H]5CCCN5C(=O)[C@@H](c5ccccc5)N(CC)CC)[nH]4)cc3)cc2)[nH]1)NC(=O)O. The number of aromatic amines is 2. The number of likely N-dealkylation sites (tertiary alicyclic amines) is 2. The molecule has 4 N–H and O–H groups in total. The van der Waals surface area contributed by atoms with Crippen LogP contribution >= 0.6 is 0 Å². The van der Waals surface area contributed by atoms with E-state index < -0.39 is 6.09 Å². The van der Waals surface area contributed by atoms with E-state index in [1.165, 1.54) is 0 Å². The lowest BCUT2D eigenvalue weighted by Crippen LogP contribution is -2.43. The Morgan fingerprint density at radius 2 is 1.31 bits per heavy atom. The number of carbonyl (C=O) groups excluding carboxylic acids is 1. The highest BCUT2D eigenvalue weighted by Gasteiger charge is 2.38. The van der Waals surface area contributed by atoms with Crippen molar-refractivity contribution in [3.8, 4) is 33.6 Å². The summed E-state index contributed by atoms with van der Waals surface area (Å²) in [5.74, 6) is 1.91. The molecule has 5 aromatic rings. The first-order valence-electron chi connectivity index (χ1n) is 19.5. The van der Waals surface area contributed by atoms with Crippen LogP contribution in [0.5, 0.6) is 0 Å². The van der Waals surface area contributed by atoms with Crippen molar-refractivity contribution >= 4 is 12.0 Å². The highest BCUT2D eigenvalue weighted by molar-refractivity contribution is 5.84. The standard InChI is InChI=1S/C43H52N8O3/c1-4-34(46-43(53)54)28-50-24-10-14-37(50)40-44-26-35(47-40)31-20-16-29(17-21-31)30-18-22-32(23-19-30)36-27-45-41(48-36)38-15-11-25-51(38)42(52)39(49(5-2)6-3)33-12-8-7-9-13-33/h7-9,12-13,16-23,26-27,34,37-39,46H,4-6,10-11,14-15,24-25,28H2,1-3H3,(H,44,47)(H,45,48)(H,53,54)/t34-,37+,38+,39-/m1/s1. The average molecular weight is 729 g/mol. The minimum Gasteiger partial charge on any atom is -0.465 e. The molecule has 0 aliphatic carbocycles. The van der Waals surface area contributed by atoms with E-state index in [4.69, 9.17) is 9.97 Å². The predicted octanol–water partition coefficient (Wildman–Crippen LogP) is 8.06. The van der Waals surface area contributed by atoms with Crippen molar-refractivity contribution < 1.29 is 14.7 Å². The normalized spacial score (nSPS) is 18.6. The smallest absolute Gasteiger partial charge is 0.404 e. The lowest BCUT2D eigenvalue weighted by molar-refractivity contribution is -0.138. The molecule has 3 aromatic carbocycles. The Balaban J connectivity index is 1.01. The number of hydrogen-bond acceptors (Lipinski definition) is 6. The number of H-pyrrole nitrogens is 2. The van der Waals surface area contributed by atoms with E-state index in [9.17, 15) is 14.7 Å². The number of carbonyl (C=O) groups is 2. The first kappa shape index (κ1) is 37.1. The van der Waals surface area contributed by atoms with Gasteiger partial charge in [-0.05, 0) is 79.6 Å². The van der Waals surface area contributed by atoms with E-state index in [-0.39, 0.29) is 30.1 Å². The Bertz CT molecular complexity index is 1990. The van der Waals surface area contributed by atoms with E-state index in [0.717, 1.165) is 109 Å². The van der Waals surface area contributed by atoms with Crippen molar-refractivity contribution in [2.45, 2.75) is 77.0 Å². The van der Waals surface area contributed by atoms with Gasteiger partial charge < -0.3 is 25.3 Å². The van der Waals surface area contributed by atoms with E-state index in [1.807, 2.05) is 42.4 Å². The molecular formula is C43H52N8O3. The number of benzene rings is 3. The van der Waals surface area contributed by atoms with Gasteiger partial charge in [-0.2, -0.15) is 0 Å². The Hall–Kier alpha value is -5.26. The van der Waals surface area contributed by atoms with Crippen molar-refractivity contribution in [3.05, 3.63) is 108 Å². The Morgan fingerprint density at radius 1 is 0.778 bits per heavy atom. The summed E-state index contributed by atoms with van der Waals surface area (Å²) < 4.78 is 0. The number of aromatic nitrogens is 4. The van der Waals surface area contributed by atoms with Crippen molar-refractivity contribution in [2.75, 3.05) is 32.7 Å². The fraction of sp³-hybridized carbons (Fsp3) is 0.395. The van der Waals surface area contributed by atoms with Gasteiger partial charge in [0.05, 0.1) is 35.9 Å². The molecule has 0 bridgehead atoms. The van der Waals surface area contributed by atoms with Gasteiger partial charge in [-0.15, -0.1) is 0 Å². The van der Waals surface area contributed by atoms with Crippen LogP contribution in [0.4, 0.5) is 4.79 Å². The summed E-state index contributed by atoms with van der Waals surface area (Å²) in [5.41, 5.74) is 7.29. The van der Waals surface area contributed by atoms with Crippen molar-refractivity contribution in [1.82, 2.24) is 40.0 Å². The van der Waals surface area contributed by atoms with Gasteiger partial charge in [0, 0.05) is 19.1 Å². The topological polar surface area (TPSA) is 133 Å². The van der Waals surface area contributed by atoms with Crippen molar-refractivity contribution in [2.24, 2.45) is 0 Å². The Kier molecular flexibility index (Phi) is 11.5. The molecule has 0 radical (unpaired) electrons. The van der Waals surface area contributed by atoms with E-state index in [2.05, 4.69) is 99.6 Å². The first-order chi connectivity index (χ1) is 26.4. The third kappa shape index (κ3) is 7.97. The third-order valence-electron chi connectivity index (χ3n) is 11.2. The molecular weight excluding hydrogens is 677 g/mol. The number of rotatable bonds is 14. The molecule has 0 unspecified atom stereocenters. The molecule has 2 saturated heterocycles. The van der Waals surface area contributed by atoms with Crippen LogP contribution in [0.2, 0.25) is 0 Å². The molecule has 2 aromatic heterocycles. The summed E-state index contributed by atoms with van der Waals surface area (Å²) in [6.07, 6.45) is 7.45. The zero-order valence-corrected chi connectivity index (χ0v) is 31.5. The second-order valence-electron chi connectivity index (χ2n) is 14.5. The fourth-order valence-electron chi connectivity index (χ4n) is 8.28. The van der Waals surface area contributed by atoms with Gasteiger partial charge in [0.25, 0.3) is 0 Å². The van der Waals surface area contributed by atoms with Gasteiger partial charge in [0.15, 0.2) is 0 Å². The zero-order valence-electron chi connectivity index (χ0n) is 31.5. The maximum absolute atomic E-state index is 14.2. The van der Waals surface area contributed by atoms with E-state index in [1.54, 1.807) is 0 Å². The molecule has 0 spiro atoms. The van der Waals surface area contributed by atoms with E-state index >= 15 is 0 Å². The van der Waals surface area contributed by atoms with Gasteiger partial charge in [-0.1, -0.05) is 99.6 Å². The molecule has 4 heterocycles. The van der Waals surface area contributed by atoms with Crippen LogP contribution < -0.4 is 5.32 Å². The van der Waals surface area contributed by atoms with Crippen LogP contribution in [-0.2, 0) is 4.79 Å². The minimum absolute atomic E-state index is 0.0802. The third-order valence-corrected chi connectivity index (χ3v) is 11.2.